The van der Waals surface area contributed by atoms with Crippen molar-refractivity contribution in [2.45, 2.75) is 58.1 Å². The minimum atomic E-state index is -0.324. The Hall–Kier alpha value is -0.900. The molecule has 1 aliphatic carbocycles. The molecule has 0 aromatic rings. The smallest absolute Gasteiger partial charge is 0.302 e. The number of Topliss-reactive ketones (excluding diaryl/α,β-unsaturated/α-hetero) is 1. The standard InChI is InChI=1S/C12H21NO3/c1-8(14)12(13)7-10-3-5-11(6-4-10)16-9(2)15/h10-12H,3-7,13H2,1-2H3/t10?,11?,12-/m0/s1. The molecule has 0 amide bonds. The SMILES string of the molecule is CC(=O)OC1CCC(C[C@H](N)C(C)=O)CC1. The molecule has 0 heterocycles. The van der Waals surface area contributed by atoms with Crippen molar-refractivity contribution in [1.29, 1.82) is 0 Å². The Morgan fingerprint density at radius 1 is 1.25 bits per heavy atom. The molecule has 1 atom stereocenters. The number of carbonyl (C=O) groups is 2. The number of ketones is 1. The molecular formula is C12H21NO3. The maximum atomic E-state index is 11.0. The van der Waals surface area contributed by atoms with Crippen LogP contribution in [0.1, 0.15) is 46.0 Å². The van der Waals surface area contributed by atoms with Crippen LogP contribution >= 0.6 is 0 Å². The molecule has 0 aromatic carbocycles. The van der Waals surface area contributed by atoms with Gasteiger partial charge in [-0.05, 0) is 44.9 Å². The van der Waals surface area contributed by atoms with Crippen LogP contribution < -0.4 is 5.73 Å². The molecule has 1 rings (SSSR count). The van der Waals surface area contributed by atoms with Crippen molar-refractivity contribution in [2.24, 2.45) is 11.7 Å². The Kier molecular flexibility index (Phi) is 4.93. The minimum absolute atomic E-state index is 0.0575. The molecule has 0 aromatic heterocycles. The monoisotopic (exact) mass is 227 g/mol. The van der Waals surface area contributed by atoms with Gasteiger partial charge in [-0.25, -0.2) is 0 Å². The minimum Gasteiger partial charge on any atom is -0.463 e. The van der Waals surface area contributed by atoms with Crippen molar-refractivity contribution < 1.29 is 14.3 Å². The van der Waals surface area contributed by atoms with Crippen LogP contribution in [0.25, 0.3) is 0 Å². The largest absolute Gasteiger partial charge is 0.463 e. The van der Waals surface area contributed by atoms with Crippen molar-refractivity contribution in [3.8, 4) is 0 Å². The highest BCUT2D eigenvalue weighted by atomic mass is 16.5. The Bertz CT molecular complexity index is 257. The Morgan fingerprint density at radius 2 is 1.81 bits per heavy atom. The van der Waals surface area contributed by atoms with E-state index in [9.17, 15) is 9.59 Å². The lowest BCUT2D eigenvalue weighted by molar-refractivity contribution is -0.148. The molecule has 4 nitrogen and oxygen atoms in total. The quantitative estimate of drug-likeness (QED) is 0.737. The second-order valence-electron chi connectivity index (χ2n) is 4.71. The highest BCUT2D eigenvalue weighted by molar-refractivity contribution is 5.81. The lowest BCUT2D eigenvalue weighted by Crippen LogP contribution is -2.33. The summed E-state index contributed by atoms with van der Waals surface area (Å²) in [5, 5.41) is 0. The molecule has 2 N–H and O–H groups in total. The van der Waals surface area contributed by atoms with Crippen molar-refractivity contribution in [1.82, 2.24) is 0 Å². The van der Waals surface area contributed by atoms with Crippen molar-refractivity contribution in [2.75, 3.05) is 0 Å². The third-order valence-corrected chi connectivity index (χ3v) is 3.24. The van der Waals surface area contributed by atoms with Gasteiger partial charge in [0.05, 0.1) is 6.04 Å². The van der Waals surface area contributed by atoms with E-state index in [1.54, 1.807) is 0 Å². The fraction of sp³-hybridized carbons (Fsp3) is 0.833. The number of rotatable bonds is 4. The molecule has 4 heteroatoms. The summed E-state index contributed by atoms with van der Waals surface area (Å²) < 4.78 is 5.15. The Labute approximate surface area is 96.5 Å². The zero-order valence-corrected chi connectivity index (χ0v) is 10.1. The normalized spacial score (nSPS) is 27.2. The summed E-state index contributed by atoms with van der Waals surface area (Å²) in [5.41, 5.74) is 5.73. The molecule has 0 aliphatic heterocycles. The molecule has 1 fully saturated rings. The summed E-state index contributed by atoms with van der Waals surface area (Å²) >= 11 is 0. The van der Waals surface area contributed by atoms with Crippen LogP contribution in [0.3, 0.4) is 0 Å². The second-order valence-corrected chi connectivity index (χ2v) is 4.71. The lowest BCUT2D eigenvalue weighted by atomic mass is 9.83. The van der Waals surface area contributed by atoms with Gasteiger partial charge in [0.25, 0.3) is 0 Å². The molecule has 0 bridgehead atoms. The zero-order chi connectivity index (χ0) is 12.1. The highest BCUT2D eigenvalue weighted by Crippen LogP contribution is 2.29. The predicted molar refractivity (Wildman–Crippen MR) is 60.8 cm³/mol. The average Bonchev–Trinajstić information content (AvgIpc) is 2.20. The van der Waals surface area contributed by atoms with E-state index in [1.165, 1.54) is 13.8 Å². The van der Waals surface area contributed by atoms with Gasteiger partial charge in [0, 0.05) is 6.92 Å². The van der Waals surface area contributed by atoms with Crippen LogP contribution in [0.2, 0.25) is 0 Å². The van der Waals surface area contributed by atoms with E-state index >= 15 is 0 Å². The average molecular weight is 227 g/mol. The van der Waals surface area contributed by atoms with E-state index in [4.69, 9.17) is 10.5 Å². The van der Waals surface area contributed by atoms with Gasteiger partial charge in [0.2, 0.25) is 0 Å². The molecule has 1 aliphatic rings. The first-order valence-corrected chi connectivity index (χ1v) is 5.92. The second kappa shape index (κ2) is 5.99. The van der Waals surface area contributed by atoms with Crippen LogP contribution in [0.15, 0.2) is 0 Å². The molecule has 0 unspecified atom stereocenters. The van der Waals surface area contributed by atoms with Crippen LogP contribution in [-0.4, -0.2) is 23.9 Å². The summed E-state index contributed by atoms with van der Waals surface area (Å²) in [6.07, 6.45) is 4.63. The summed E-state index contributed by atoms with van der Waals surface area (Å²) in [6, 6.07) is -0.324. The zero-order valence-electron chi connectivity index (χ0n) is 10.1. The maximum Gasteiger partial charge on any atom is 0.302 e. The van der Waals surface area contributed by atoms with Gasteiger partial charge in [0.15, 0.2) is 0 Å². The summed E-state index contributed by atoms with van der Waals surface area (Å²) in [4.78, 5) is 21.8. The first-order valence-electron chi connectivity index (χ1n) is 5.92. The van der Waals surface area contributed by atoms with Gasteiger partial charge < -0.3 is 10.5 Å². The Morgan fingerprint density at radius 3 is 2.25 bits per heavy atom. The summed E-state index contributed by atoms with van der Waals surface area (Å²) in [5.74, 6) is 0.358. The van der Waals surface area contributed by atoms with Gasteiger partial charge in [-0.3, -0.25) is 9.59 Å². The van der Waals surface area contributed by atoms with E-state index in [2.05, 4.69) is 0 Å². The van der Waals surface area contributed by atoms with Crippen molar-refractivity contribution in [3.05, 3.63) is 0 Å². The molecule has 16 heavy (non-hydrogen) atoms. The van der Waals surface area contributed by atoms with Crippen molar-refractivity contribution >= 4 is 11.8 Å². The van der Waals surface area contributed by atoms with Gasteiger partial charge in [0.1, 0.15) is 11.9 Å². The molecule has 0 saturated heterocycles. The van der Waals surface area contributed by atoms with Crippen LogP contribution in [0.4, 0.5) is 0 Å². The van der Waals surface area contributed by atoms with Crippen LogP contribution in [0, 0.1) is 5.92 Å². The topological polar surface area (TPSA) is 69.4 Å². The number of hydrogen-bond acceptors (Lipinski definition) is 4. The van der Waals surface area contributed by atoms with Crippen molar-refractivity contribution in [3.63, 3.8) is 0 Å². The van der Waals surface area contributed by atoms with E-state index in [-0.39, 0.29) is 23.9 Å². The maximum absolute atomic E-state index is 11.0. The number of nitrogens with two attached hydrogens (primary N) is 1. The van der Waals surface area contributed by atoms with E-state index in [1.807, 2.05) is 0 Å². The third-order valence-electron chi connectivity index (χ3n) is 3.24. The number of carbonyl (C=O) groups excluding carboxylic acids is 2. The Balaban J connectivity index is 2.26. The lowest BCUT2D eigenvalue weighted by Gasteiger charge is -2.29. The number of esters is 1. The first kappa shape index (κ1) is 13.2. The molecule has 0 spiro atoms. The van der Waals surface area contributed by atoms with Crippen LogP contribution in [-0.2, 0) is 14.3 Å². The van der Waals surface area contributed by atoms with E-state index in [0.29, 0.717) is 5.92 Å². The summed E-state index contributed by atoms with van der Waals surface area (Å²) in [7, 11) is 0. The number of ether oxygens (including phenoxy) is 1. The predicted octanol–water partition coefficient (Wildman–Crippen LogP) is 1.41. The molecular weight excluding hydrogens is 206 g/mol. The van der Waals surface area contributed by atoms with Gasteiger partial charge in [-0.15, -0.1) is 0 Å². The fourth-order valence-corrected chi connectivity index (χ4v) is 2.25. The highest BCUT2D eigenvalue weighted by Gasteiger charge is 2.25. The van der Waals surface area contributed by atoms with Gasteiger partial charge in [-0.1, -0.05) is 0 Å². The fourth-order valence-electron chi connectivity index (χ4n) is 2.25. The molecule has 0 radical (unpaired) electrons. The molecule has 1 saturated carbocycles. The van der Waals surface area contributed by atoms with Gasteiger partial charge >= 0.3 is 5.97 Å². The first-order chi connectivity index (χ1) is 7.49. The third kappa shape index (κ3) is 4.31. The molecule has 92 valence electrons. The van der Waals surface area contributed by atoms with E-state index < -0.39 is 0 Å². The van der Waals surface area contributed by atoms with Gasteiger partial charge in [-0.2, -0.15) is 0 Å². The number of hydrogen-bond donors (Lipinski definition) is 1. The van der Waals surface area contributed by atoms with E-state index in [0.717, 1.165) is 32.1 Å². The summed E-state index contributed by atoms with van der Waals surface area (Å²) in [6.45, 7) is 2.98. The van der Waals surface area contributed by atoms with Crippen LogP contribution in [0.5, 0.6) is 0 Å².